The van der Waals surface area contributed by atoms with Gasteiger partial charge in [0.15, 0.2) is 0 Å². The second kappa shape index (κ2) is 6.41. The van der Waals surface area contributed by atoms with E-state index >= 15 is 0 Å². The number of aliphatic hydroxyl groups excluding tert-OH is 1. The third-order valence-electron chi connectivity index (χ3n) is 5.35. The van der Waals surface area contributed by atoms with Crippen molar-refractivity contribution in [2.75, 3.05) is 6.61 Å². The molecule has 0 unspecified atom stereocenters. The molecule has 2 nitrogen and oxygen atoms in total. The first-order valence-corrected chi connectivity index (χ1v) is 8.36. The summed E-state index contributed by atoms with van der Waals surface area (Å²) in [5, 5.41) is 8.96. The normalized spacial score (nSPS) is 38.3. The van der Waals surface area contributed by atoms with E-state index in [4.69, 9.17) is 9.84 Å². The third kappa shape index (κ3) is 2.90. The number of hydrogen-bond acceptors (Lipinski definition) is 2. The first-order chi connectivity index (χ1) is 9.40. The van der Waals surface area contributed by atoms with Crippen molar-refractivity contribution in [1.82, 2.24) is 0 Å². The number of rotatable bonds is 4. The molecule has 1 saturated carbocycles. The van der Waals surface area contributed by atoms with Gasteiger partial charge in [-0.25, -0.2) is 0 Å². The molecule has 1 N–H and O–H groups in total. The average molecular weight is 264 g/mol. The Balaban J connectivity index is 1.71. The highest BCUT2D eigenvalue weighted by Crippen LogP contribution is 2.46. The SMILES string of the molecule is OCCCC[C@@H]1O[C@H]2CCCC[C@@H]2C2=CCCC[C@H]21. The fourth-order valence-corrected chi connectivity index (χ4v) is 4.44. The summed E-state index contributed by atoms with van der Waals surface area (Å²) in [7, 11) is 0. The maximum Gasteiger partial charge on any atom is 0.0644 e. The maximum atomic E-state index is 8.96. The lowest BCUT2D eigenvalue weighted by Crippen LogP contribution is -2.45. The Morgan fingerprint density at radius 1 is 1.05 bits per heavy atom. The number of ether oxygens (including phenoxy) is 1. The molecule has 1 heterocycles. The van der Waals surface area contributed by atoms with E-state index < -0.39 is 0 Å². The molecular formula is C17H28O2. The highest BCUT2D eigenvalue weighted by molar-refractivity contribution is 5.20. The van der Waals surface area contributed by atoms with Gasteiger partial charge in [0.25, 0.3) is 0 Å². The second-order valence-corrected chi connectivity index (χ2v) is 6.56. The van der Waals surface area contributed by atoms with Crippen molar-refractivity contribution in [2.45, 2.75) is 76.4 Å². The molecule has 2 fully saturated rings. The van der Waals surface area contributed by atoms with Gasteiger partial charge in [0, 0.05) is 18.4 Å². The van der Waals surface area contributed by atoms with Gasteiger partial charge in [-0.1, -0.05) is 24.5 Å². The van der Waals surface area contributed by atoms with Crippen LogP contribution in [0.4, 0.5) is 0 Å². The van der Waals surface area contributed by atoms with Crippen LogP contribution in [0.15, 0.2) is 11.6 Å². The van der Waals surface area contributed by atoms with Crippen LogP contribution in [0.1, 0.15) is 64.2 Å². The van der Waals surface area contributed by atoms with Crippen molar-refractivity contribution in [3.8, 4) is 0 Å². The van der Waals surface area contributed by atoms with Crippen LogP contribution in [0, 0.1) is 11.8 Å². The molecule has 108 valence electrons. The molecular weight excluding hydrogens is 236 g/mol. The molecule has 19 heavy (non-hydrogen) atoms. The number of allylic oxidation sites excluding steroid dienone is 1. The summed E-state index contributed by atoms with van der Waals surface area (Å²) in [5.74, 6) is 1.44. The van der Waals surface area contributed by atoms with Gasteiger partial charge in [0.2, 0.25) is 0 Å². The highest BCUT2D eigenvalue weighted by Gasteiger charge is 2.42. The summed E-state index contributed by atoms with van der Waals surface area (Å²) in [4.78, 5) is 0. The Hall–Kier alpha value is -0.340. The fraction of sp³-hybridized carbons (Fsp3) is 0.882. The lowest BCUT2D eigenvalue weighted by atomic mass is 9.68. The van der Waals surface area contributed by atoms with Crippen LogP contribution >= 0.6 is 0 Å². The van der Waals surface area contributed by atoms with Crippen LogP contribution in [0.2, 0.25) is 0 Å². The van der Waals surface area contributed by atoms with Crippen molar-refractivity contribution in [3.63, 3.8) is 0 Å². The molecule has 1 aliphatic heterocycles. The van der Waals surface area contributed by atoms with Gasteiger partial charge in [-0.05, 0) is 51.4 Å². The highest BCUT2D eigenvalue weighted by atomic mass is 16.5. The van der Waals surface area contributed by atoms with Crippen molar-refractivity contribution in [2.24, 2.45) is 11.8 Å². The minimum atomic E-state index is 0.326. The predicted octanol–water partition coefficient (Wildman–Crippen LogP) is 3.83. The summed E-state index contributed by atoms with van der Waals surface area (Å²) in [6.07, 6.45) is 16.0. The summed E-state index contributed by atoms with van der Waals surface area (Å²) in [6.45, 7) is 0.326. The molecule has 0 aromatic rings. The van der Waals surface area contributed by atoms with Crippen LogP contribution < -0.4 is 0 Å². The van der Waals surface area contributed by atoms with E-state index in [1.807, 2.05) is 0 Å². The smallest absolute Gasteiger partial charge is 0.0644 e. The van der Waals surface area contributed by atoms with E-state index in [0.717, 1.165) is 25.2 Å². The van der Waals surface area contributed by atoms with Crippen LogP contribution in [0.5, 0.6) is 0 Å². The van der Waals surface area contributed by atoms with Gasteiger partial charge in [0.05, 0.1) is 12.2 Å². The minimum Gasteiger partial charge on any atom is -0.396 e. The number of unbranched alkanes of at least 4 members (excludes halogenated alkanes) is 1. The monoisotopic (exact) mass is 264 g/mol. The molecule has 0 amide bonds. The lowest BCUT2D eigenvalue weighted by Gasteiger charge is -2.47. The largest absolute Gasteiger partial charge is 0.396 e. The molecule has 0 aromatic heterocycles. The molecule has 4 atom stereocenters. The first-order valence-electron chi connectivity index (χ1n) is 8.36. The van der Waals surface area contributed by atoms with Crippen LogP contribution in [-0.2, 0) is 4.74 Å². The van der Waals surface area contributed by atoms with Crippen LogP contribution in [-0.4, -0.2) is 23.9 Å². The van der Waals surface area contributed by atoms with E-state index in [-0.39, 0.29) is 0 Å². The molecule has 0 radical (unpaired) electrons. The quantitative estimate of drug-likeness (QED) is 0.617. The molecule has 0 spiro atoms. The zero-order chi connectivity index (χ0) is 13.1. The predicted molar refractivity (Wildman–Crippen MR) is 77.0 cm³/mol. The van der Waals surface area contributed by atoms with Gasteiger partial charge >= 0.3 is 0 Å². The fourth-order valence-electron chi connectivity index (χ4n) is 4.44. The molecule has 0 bridgehead atoms. The summed E-state index contributed by atoms with van der Waals surface area (Å²) in [5.41, 5.74) is 1.76. The van der Waals surface area contributed by atoms with E-state index in [1.54, 1.807) is 5.57 Å². The Bertz CT molecular complexity index is 323. The van der Waals surface area contributed by atoms with Gasteiger partial charge in [-0.15, -0.1) is 0 Å². The van der Waals surface area contributed by atoms with E-state index in [1.165, 1.54) is 44.9 Å². The van der Waals surface area contributed by atoms with Crippen LogP contribution in [0.25, 0.3) is 0 Å². The Morgan fingerprint density at radius 2 is 1.89 bits per heavy atom. The summed E-state index contributed by atoms with van der Waals surface area (Å²) in [6, 6.07) is 0. The Labute approximate surface area is 117 Å². The van der Waals surface area contributed by atoms with E-state index in [9.17, 15) is 0 Å². The van der Waals surface area contributed by atoms with E-state index in [0.29, 0.717) is 24.7 Å². The van der Waals surface area contributed by atoms with E-state index in [2.05, 4.69) is 6.08 Å². The maximum absolute atomic E-state index is 8.96. The topological polar surface area (TPSA) is 29.5 Å². The van der Waals surface area contributed by atoms with Gasteiger partial charge in [0.1, 0.15) is 0 Å². The van der Waals surface area contributed by atoms with Crippen molar-refractivity contribution in [1.29, 1.82) is 0 Å². The Morgan fingerprint density at radius 3 is 2.79 bits per heavy atom. The van der Waals surface area contributed by atoms with Crippen molar-refractivity contribution >= 4 is 0 Å². The minimum absolute atomic E-state index is 0.326. The van der Waals surface area contributed by atoms with Gasteiger partial charge in [-0.2, -0.15) is 0 Å². The standard InChI is InChI=1S/C17H28O2/c18-12-6-5-11-17-14-8-2-1-7-13(14)15-9-3-4-10-16(15)19-17/h7,14-18H,1-6,8-12H2/t14-,15-,16+,17+/m1/s1. The van der Waals surface area contributed by atoms with Crippen molar-refractivity contribution in [3.05, 3.63) is 11.6 Å². The summed E-state index contributed by atoms with van der Waals surface area (Å²) >= 11 is 0. The zero-order valence-corrected chi connectivity index (χ0v) is 12.0. The van der Waals surface area contributed by atoms with Gasteiger partial charge in [-0.3, -0.25) is 0 Å². The second-order valence-electron chi connectivity index (χ2n) is 6.56. The average Bonchev–Trinajstić information content (AvgIpc) is 2.47. The third-order valence-corrected chi connectivity index (χ3v) is 5.35. The lowest BCUT2D eigenvalue weighted by molar-refractivity contribution is -0.107. The molecule has 1 saturated heterocycles. The molecule has 3 aliphatic rings. The number of aliphatic hydroxyl groups is 1. The van der Waals surface area contributed by atoms with Crippen molar-refractivity contribution < 1.29 is 9.84 Å². The molecule has 3 rings (SSSR count). The number of hydrogen-bond donors (Lipinski definition) is 1. The number of fused-ring (bicyclic) bond motifs is 3. The summed E-state index contributed by atoms with van der Waals surface area (Å²) < 4.78 is 6.48. The molecule has 2 heteroatoms. The first kappa shape index (κ1) is 13.6. The molecule has 0 aromatic carbocycles. The molecule has 2 aliphatic carbocycles. The zero-order valence-electron chi connectivity index (χ0n) is 12.0. The Kier molecular flexibility index (Phi) is 4.60. The van der Waals surface area contributed by atoms with Crippen LogP contribution in [0.3, 0.4) is 0 Å². The van der Waals surface area contributed by atoms with Gasteiger partial charge < -0.3 is 9.84 Å².